The zero-order valence-corrected chi connectivity index (χ0v) is 9.50. The molecule has 2 rings (SSSR count). The Morgan fingerprint density at radius 3 is 2.62 bits per heavy atom. The van der Waals surface area contributed by atoms with Crippen LogP contribution in [-0.4, -0.2) is 52.1 Å². The summed E-state index contributed by atoms with van der Waals surface area (Å²) in [6.07, 6.45) is 0.181. The molecule has 0 radical (unpaired) electrons. The van der Waals surface area contributed by atoms with Crippen molar-refractivity contribution in [1.29, 1.82) is 0 Å². The van der Waals surface area contributed by atoms with Gasteiger partial charge in [0.2, 0.25) is 0 Å². The van der Waals surface area contributed by atoms with E-state index in [1.165, 1.54) is 0 Å². The topological polar surface area (TPSA) is 79.2 Å². The summed E-state index contributed by atoms with van der Waals surface area (Å²) in [6.45, 7) is 1.94. The largest absolute Gasteiger partial charge is 0.396 e. The fraction of sp³-hybridized carbons (Fsp3) is 1.00. The van der Waals surface area contributed by atoms with E-state index in [1.54, 1.807) is 0 Å². The Morgan fingerprint density at radius 2 is 2.06 bits per heavy atom. The highest BCUT2D eigenvalue weighted by Crippen LogP contribution is 2.41. The van der Waals surface area contributed by atoms with Gasteiger partial charge >= 0.3 is 0 Å². The van der Waals surface area contributed by atoms with E-state index in [2.05, 4.69) is 0 Å². The van der Waals surface area contributed by atoms with Crippen molar-refractivity contribution in [2.45, 2.75) is 62.8 Å². The monoisotopic (exact) mass is 232 g/mol. The van der Waals surface area contributed by atoms with E-state index in [4.69, 9.17) is 14.6 Å². The van der Waals surface area contributed by atoms with Crippen LogP contribution in [0.15, 0.2) is 0 Å². The highest BCUT2D eigenvalue weighted by molar-refractivity contribution is 4.95. The molecule has 0 amide bonds. The number of rotatable bonds is 2. The first-order chi connectivity index (χ1) is 7.57. The van der Waals surface area contributed by atoms with Crippen molar-refractivity contribution in [1.82, 2.24) is 0 Å². The maximum atomic E-state index is 9.97. The second kappa shape index (κ2) is 4.58. The Labute approximate surface area is 95.0 Å². The lowest BCUT2D eigenvalue weighted by atomic mass is 9.92. The van der Waals surface area contributed by atoms with Gasteiger partial charge in [-0.3, -0.25) is 0 Å². The molecule has 94 valence electrons. The fourth-order valence-electron chi connectivity index (χ4n) is 2.58. The highest BCUT2D eigenvalue weighted by Gasteiger charge is 2.53. The molecule has 2 fully saturated rings. The van der Waals surface area contributed by atoms with Crippen molar-refractivity contribution in [2.24, 2.45) is 0 Å². The molecule has 0 aromatic heterocycles. The summed E-state index contributed by atoms with van der Waals surface area (Å²) in [6, 6.07) is 0. The summed E-state index contributed by atoms with van der Waals surface area (Å²) >= 11 is 0. The number of ether oxygens (including phenoxy) is 2. The predicted octanol–water partition coefficient (Wildman–Crippen LogP) is -0.225. The zero-order chi connectivity index (χ0) is 11.8. The van der Waals surface area contributed by atoms with Gasteiger partial charge in [0.15, 0.2) is 5.79 Å². The lowest BCUT2D eigenvalue weighted by Crippen LogP contribution is -2.58. The molecule has 16 heavy (non-hydrogen) atoms. The van der Waals surface area contributed by atoms with Gasteiger partial charge in [0.1, 0.15) is 6.10 Å². The third-order valence-corrected chi connectivity index (χ3v) is 3.44. The van der Waals surface area contributed by atoms with Crippen molar-refractivity contribution in [3.8, 4) is 0 Å². The molecular formula is C11H20O5. The van der Waals surface area contributed by atoms with Gasteiger partial charge < -0.3 is 24.8 Å². The summed E-state index contributed by atoms with van der Waals surface area (Å²) in [5.41, 5.74) is 0. The van der Waals surface area contributed by atoms with Gasteiger partial charge in [0, 0.05) is 19.4 Å². The lowest BCUT2D eigenvalue weighted by Gasteiger charge is -2.44. The predicted molar refractivity (Wildman–Crippen MR) is 55.7 cm³/mol. The second-order valence-electron chi connectivity index (χ2n) is 4.78. The Bertz CT molecular complexity index is 247. The van der Waals surface area contributed by atoms with E-state index in [1.807, 2.05) is 6.92 Å². The van der Waals surface area contributed by atoms with Crippen molar-refractivity contribution < 1.29 is 24.8 Å². The zero-order valence-electron chi connectivity index (χ0n) is 9.50. The van der Waals surface area contributed by atoms with Crippen LogP contribution in [0.5, 0.6) is 0 Å². The van der Waals surface area contributed by atoms with E-state index in [9.17, 15) is 10.2 Å². The summed E-state index contributed by atoms with van der Waals surface area (Å²) in [5.74, 6) is -1.06. The van der Waals surface area contributed by atoms with Crippen LogP contribution >= 0.6 is 0 Å². The van der Waals surface area contributed by atoms with E-state index < -0.39 is 18.0 Å². The standard InChI is InChI=1S/C11H20O5/c1-7-2-4-11(15-7)10(14)9(13)6-8(16-11)3-5-12/h7-10,12-14H,2-6H2,1H3/t7-,8-,9+,10-,11-/m0/s1. The molecule has 3 N–H and O–H groups in total. The quantitative estimate of drug-likeness (QED) is 0.613. The first kappa shape index (κ1) is 12.3. The number of hydrogen-bond acceptors (Lipinski definition) is 5. The molecule has 1 spiro atoms. The average molecular weight is 232 g/mol. The molecule has 5 atom stereocenters. The molecule has 2 heterocycles. The van der Waals surface area contributed by atoms with Gasteiger partial charge in [0.05, 0.1) is 18.3 Å². The molecule has 2 saturated heterocycles. The van der Waals surface area contributed by atoms with Crippen LogP contribution in [0.25, 0.3) is 0 Å². The van der Waals surface area contributed by atoms with E-state index in [0.717, 1.165) is 6.42 Å². The van der Waals surface area contributed by atoms with Crippen LogP contribution in [0.1, 0.15) is 32.6 Å². The molecule has 0 aliphatic carbocycles. The molecule has 5 nitrogen and oxygen atoms in total. The molecule has 2 aliphatic rings. The summed E-state index contributed by atoms with van der Waals surface area (Å²) < 4.78 is 11.4. The SMILES string of the molecule is C[C@H]1CC[C@@]2(O[C@@H](CCO)C[C@@H](O)[C@@H]2O)O1. The van der Waals surface area contributed by atoms with Crippen LogP contribution in [-0.2, 0) is 9.47 Å². The van der Waals surface area contributed by atoms with Crippen LogP contribution in [0.4, 0.5) is 0 Å². The third kappa shape index (κ3) is 2.10. The van der Waals surface area contributed by atoms with Gasteiger partial charge in [-0.25, -0.2) is 0 Å². The molecule has 0 aromatic carbocycles. The Kier molecular flexibility index (Phi) is 3.51. The molecular weight excluding hydrogens is 212 g/mol. The van der Waals surface area contributed by atoms with Crippen molar-refractivity contribution >= 4 is 0 Å². The first-order valence-electron chi connectivity index (χ1n) is 5.90. The maximum absolute atomic E-state index is 9.97. The van der Waals surface area contributed by atoms with Gasteiger partial charge in [-0.15, -0.1) is 0 Å². The number of hydrogen-bond donors (Lipinski definition) is 3. The Hall–Kier alpha value is -0.200. The van der Waals surface area contributed by atoms with Crippen LogP contribution in [0, 0.1) is 0 Å². The van der Waals surface area contributed by atoms with Gasteiger partial charge in [0.25, 0.3) is 0 Å². The van der Waals surface area contributed by atoms with E-state index >= 15 is 0 Å². The fourth-order valence-corrected chi connectivity index (χ4v) is 2.58. The van der Waals surface area contributed by atoms with Gasteiger partial charge in [-0.1, -0.05) is 0 Å². The number of aliphatic hydroxyl groups is 3. The van der Waals surface area contributed by atoms with Crippen LogP contribution in [0.2, 0.25) is 0 Å². The van der Waals surface area contributed by atoms with Crippen LogP contribution < -0.4 is 0 Å². The summed E-state index contributed by atoms with van der Waals surface area (Å²) in [5, 5.41) is 28.7. The number of aliphatic hydroxyl groups excluding tert-OH is 3. The molecule has 0 unspecified atom stereocenters. The van der Waals surface area contributed by atoms with Crippen molar-refractivity contribution in [3.63, 3.8) is 0 Å². The molecule has 5 heteroatoms. The smallest absolute Gasteiger partial charge is 0.197 e. The minimum Gasteiger partial charge on any atom is -0.396 e. The van der Waals surface area contributed by atoms with Crippen molar-refractivity contribution in [2.75, 3.05) is 6.61 Å². The minimum absolute atomic E-state index is 0.0130. The minimum atomic E-state index is -1.06. The lowest BCUT2D eigenvalue weighted by molar-refractivity contribution is -0.331. The normalized spacial score (nSPS) is 48.8. The van der Waals surface area contributed by atoms with Crippen LogP contribution in [0.3, 0.4) is 0 Å². The average Bonchev–Trinajstić information content (AvgIpc) is 2.58. The van der Waals surface area contributed by atoms with Gasteiger partial charge in [-0.05, 0) is 19.8 Å². The third-order valence-electron chi connectivity index (χ3n) is 3.44. The van der Waals surface area contributed by atoms with Crippen molar-refractivity contribution in [3.05, 3.63) is 0 Å². The highest BCUT2D eigenvalue weighted by atomic mass is 16.7. The molecule has 0 bridgehead atoms. The molecule has 0 aromatic rings. The second-order valence-corrected chi connectivity index (χ2v) is 4.78. The van der Waals surface area contributed by atoms with Gasteiger partial charge in [-0.2, -0.15) is 0 Å². The Morgan fingerprint density at radius 1 is 1.31 bits per heavy atom. The van der Waals surface area contributed by atoms with E-state index in [0.29, 0.717) is 19.3 Å². The molecule has 0 saturated carbocycles. The van der Waals surface area contributed by atoms with E-state index in [-0.39, 0.29) is 18.8 Å². The Balaban J connectivity index is 2.09. The summed E-state index contributed by atoms with van der Waals surface area (Å²) in [4.78, 5) is 0. The molecule has 2 aliphatic heterocycles. The first-order valence-corrected chi connectivity index (χ1v) is 5.90. The maximum Gasteiger partial charge on any atom is 0.197 e. The summed E-state index contributed by atoms with van der Waals surface area (Å²) in [7, 11) is 0.